The summed E-state index contributed by atoms with van der Waals surface area (Å²) in [6, 6.07) is 2.92. The third-order valence-electron chi connectivity index (χ3n) is 3.74. The van der Waals surface area contributed by atoms with E-state index in [-0.39, 0.29) is 5.56 Å². The zero-order chi connectivity index (χ0) is 16.3. The summed E-state index contributed by atoms with van der Waals surface area (Å²) in [7, 11) is 0. The van der Waals surface area contributed by atoms with Crippen molar-refractivity contribution in [2.24, 2.45) is 5.73 Å². The highest BCUT2D eigenvalue weighted by Gasteiger charge is 2.32. The molecule has 0 saturated heterocycles. The van der Waals surface area contributed by atoms with Gasteiger partial charge in [0.1, 0.15) is 5.56 Å². The first-order valence-corrected chi connectivity index (χ1v) is 6.87. The number of hydrogen-bond donors (Lipinski definition) is 2. The summed E-state index contributed by atoms with van der Waals surface area (Å²) < 4.78 is 0. The Morgan fingerprint density at radius 3 is 2.32 bits per heavy atom. The monoisotopic (exact) mass is 308 g/mol. The molecule has 22 heavy (non-hydrogen) atoms. The van der Waals surface area contributed by atoms with Gasteiger partial charge in [0, 0.05) is 6.07 Å². The first-order valence-electron chi connectivity index (χ1n) is 6.87. The molecule has 1 aromatic rings. The van der Waals surface area contributed by atoms with E-state index in [4.69, 9.17) is 5.73 Å². The molecule has 0 aliphatic heterocycles. The summed E-state index contributed by atoms with van der Waals surface area (Å²) in [6.07, 6.45) is 3.98. The molecule has 1 aliphatic rings. The second-order valence-electron chi connectivity index (χ2n) is 5.39. The molecule has 1 aromatic carbocycles. The third-order valence-corrected chi connectivity index (χ3v) is 3.74. The number of carbonyl (C=O) groups is 1. The van der Waals surface area contributed by atoms with Crippen molar-refractivity contribution in [3.05, 3.63) is 44.0 Å². The number of carbonyl (C=O) groups excluding carboxylic acids is 1. The number of rotatable bonds is 4. The van der Waals surface area contributed by atoms with Crippen molar-refractivity contribution in [2.75, 3.05) is 0 Å². The Balaban J connectivity index is 2.28. The minimum atomic E-state index is -0.884. The molecule has 2 rings (SSSR count). The Labute approximate surface area is 125 Å². The Bertz CT molecular complexity index is 625. The maximum absolute atomic E-state index is 12.3. The Hall–Kier alpha value is -2.55. The molecule has 0 aromatic heterocycles. The second kappa shape index (κ2) is 6.06. The maximum Gasteiger partial charge on any atom is 0.289 e. The molecule has 1 amide bonds. The molecule has 0 heterocycles. The average molecular weight is 308 g/mol. The highest BCUT2D eigenvalue weighted by atomic mass is 16.6. The van der Waals surface area contributed by atoms with E-state index in [2.05, 4.69) is 5.32 Å². The van der Waals surface area contributed by atoms with Crippen molar-refractivity contribution in [3.63, 3.8) is 0 Å². The van der Waals surface area contributed by atoms with Crippen LogP contribution in [0.5, 0.6) is 0 Å². The minimum absolute atomic E-state index is 0.231. The van der Waals surface area contributed by atoms with Crippen LogP contribution in [0.4, 0.5) is 11.4 Å². The van der Waals surface area contributed by atoms with Crippen molar-refractivity contribution in [1.29, 1.82) is 0 Å². The summed E-state index contributed by atoms with van der Waals surface area (Å²) in [4.78, 5) is 32.4. The summed E-state index contributed by atoms with van der Waals surface area (Å²) in [6.45, 7) is 0. The fourth-order valence-corrected chi connectivity index (χ4v) is 2.58. The molecule has 0 atom stereocenters. The molecular formula is C13H16N4O5. The first-order chi connectivity index (χ1) is 10.3. The first kappa shape index (κ1) is 15.8. The van der Waals surface area contributed by atoms with E-state index in [1.807, 2.05) is 0 Å². The number of nitro benzene ring substituents is 2. The summed E-state index contributed by atoms with van der Waals surface area (Å²) in [5.41, 5.74) is 3.93. The van der Waals surface area contributed by atoms with Gasteiger partial charge in [0.2, 0.25) is 0 Å². The molecule has 3 N–H and O–H groups in total. The van der Waals surface area contributed by atoms with Gasteiger partial charge in [0.25, 0.3) is 17.3 Å². The van der Waals surface area contributed by atoms with Crippen molar-refractivity contribution in [2.45, 2.75) is 37.8 Å². The number of benzene rings is 1. The van der Waals surface area contributed by atoms with Gasteiger partial charge in [0.05, 0.1) is 21.6 Å². The number of nitrogens with two attached hydrogens (primary N) is 1. The summed E-state index contributed by atoms with van der Waals surface area (Å²) >= 11 is 0. The zero-order valence-electron chi connectivity index (χ0n) is 11.8. The zero-order valence-corrected chi connectivity index (χ0v) is 11.8. The number of non-ortho nitro benzene ring substituents is 1. The lowest BCUT2D eigenvalue weighted by atomic mass is 9.89. The number of amides is 1. The molecule has 9 heteroatoms. The van der Waals surface area contributed by atoms with Crippen LogP contribution in [0.2, 0.25) is 0 Å². The largest absolute Gasteiger partial charge is 0.334 e. The lowest BCUT2D eigenvalue weighted by molar-refractivity contribution is -0.394. The molecule has 0 bridgehead atoms. The van der Waals surface area contributed by atoms with Crippen LogP contribution in [0, 0.1) is 20.2 Å². The molecule has 1 saturated carbocycles. The van der Waals surface area contributed by atoms with E-state index in [0.717, 1.165) is 37.5 Å². The minimum Gasteiger partial charge on any atom is -0.334 e. The molecular weight excluding hydrogens is 292 g/mol. The van der Waals surface area contributed by atoms with Gasteiger partial charge >= 0.3 is 0 Å². The van der Waals surface area contributed by atoms with E-state index in [0.29, 0.717) is 12.8 Å². The Morgan fingerprint density at radius 2 is 1.77 bits per heavy atom. The predicted octanol–water partition coefficient (Wildman–Crippen LogP) is 1.85. The maximum atomic E-state index is 12.3. The van der Waals surface area contributed by atoms with Crippen LogP contribution in [-0.4, -0.2) is 21.4 Å². The van der Waals surface area contributed by atoms with Crippen LogP contribution in [-0.2, 0) is 0 Å². The quantitative estimate of drug-likeness (QED) is 0.494. The molecule has 9 nitrogen and oxygen atoms in total. The van der Waals surface area contributed by atoms with E-state index in [1.54, 1.807) is 0 Å². The molecule has 118 valence electrons. The number of nitrogens with zero attached hydrogens (tertiary/aromatic N) is 2. The second-order valence-corrected chi connectivity index (χ2v) is 5.39. The predicted molar refractivity (Wildman–Crippen MR) is 77.2 cm³/mol. The van der Waals surface area contributed by atoms with Crippen LogP contribution in [0.15, 0.2) is 18.2 Å². The lowest BCUT2D eigenvalue weighted by Gasteiger charge is -2.34. The van der Waals surface area contributed by atoms with Gasteiger partial charge in [-0.2, -0.15) is 0 Å². The van der Waals surface area contributed by atoms with Crippen LogP contribution < -0.4 is 11.1 Å². The fraction of sp³-hybridized carbons (Fsp3) is 0.462. The molecule has 0 spiro atoms. The van der Waals surface area contributed by atoms with E-state index in [9.17, 15) is 25.0 Å². The van der Waals surface area contributed by atoms with Gasteiger partial charge < -0.3 is 11.1 Å². The summed E-state index contributed by atoms with van der Waals surface area (Å²) in [5.74, 6) is -0.689. The third kappa shape index (κ3) is 3.37. The number of nitro groups is 2. The van der Waals surface area contributed by atoms with E-state index < -0.39 is 32.8 Å². The normalized spacial score (nSPS) is 16.8. The van der Waals surface area contributed by atoms with Crippen LogP contribution >= 0.6 is 0 Å². The number of nitrogens with one attached hydrogen (secondary N) is 1. The smallest absolute Gasteiger partial charge is 0.289 e. The van der Waals surface area contributed by atoms with Crippen molar-refractivity contribution >= 4 is 17.3 Å². The van der Waals surface area contributed by atoms with Gasteiger partial charge in [0.15, 0.2) is 0 Å². The SMILES string of the molecule is NC1(NC(=O)c2ccc([N+](=O)[O-])cc2[N+](=O)[O-])CCCCC1. The Kier molecular flexibility index (Phi) is 4.36. The Morgan fingerprint density at radius 1 is 1.14 bits per heavy atom. The highest BCUT2D eigenvalue weighted by molar-refractivity contribution is 5.98. The van der Waals surface area contributed by atoms with Gasteiger partial charge in [-0.15, -0.1) is 0 Å². The highest BCUT2D eigenvalue weighted by Crippen LogP contribution is 2.27. The van der Waals surface area contributed by atoms with E-state index in [1.165, 1.54) is 0 Å². The average Bonchev–Trinajstić information content (AvgIpc) is 2.46. The molecule has 0 radical (unpaired) electrons. The lowest BCUT2D eigenvalue weighted by Crippen LogP contribution is -2.56. The fourth-order valence-electron chi connectivity index (χ4n) is 2.58. The van der Waals surface area contributed by atoms with Gasteiger partial charge in [-0.05, 0) is 31.7 Å². The van der Waals surface area contributed by atoms with Gasteiger partial charge in [-0.3, -0.25) is 25.0 Å². The molecule has 1 aliphatic carbocycles. The summed E-state index contributed by atoms with van der Waals surface area (Å²) in [5, 5.41) is 24.4. The molecule has 0 unspecified atom stereocenters. The van der Waals surface area contributed by atoms with Crippen molar-refractivity contribution in [1.82, 2.24) is 5.32 Å². The van der Waals surface area contributed by atoms with Gasteiger partial charge in [-0.25, -0.2) is 0 Å². The topological polar surface area (TPSA) is 141 Å². The standard InChI is InChI=1S/C13H16N4O5/c14-13(6-2-1-3-7-13)15-12(18)10-5-4-9(16(19)20)8-11(10)17(21)22/h4-5,8H,1-3,6-7,14H2,(H,15,18). The van der Waals surface area contributed by atoms with Crippen molar-refractivity contribution in [3.8, 4) is 0 Å². The van der Waals surface area contributed by atoms with Crippen molar-refractivity contribution < 1.29 is 14.6 Å². The molecule has 1 fully saturated rings. The van der Waals surface area contributed by atoms with E-state index >= 15 is 0 Å². The number of hydrogen-bond acceptors (Lipinski definition) is 6. The van der Waals surface area contributed by atoms with Crippen LogP contribution in [0.25, 0.3) is 0 Å². The van der Waals surface area contributed by atoms with Crippen LogP contribution in [0.1, 0.15) is 42.5 Å². The van der Waals surface area contributed by atoms with Gasteiger partial charge in [-0.1, -0.05) is 6.42 Å². The van der Waals surface area contributed by atoms with Crippen LogP contribution in [0.3, 0.4) is 0 Å².